The Balaban J connectivity index is 1.46. The van der Waals surface area contributed by atoms with Crippen LogP contribution in [0, 0.1) is 12.1 Å². The van der Waals surface area contributed by atoms with E-state index in [0.717, 1.165) is 42.3 Å². The van der Waals surface area contributed by atoms with E-state index in [-0.39, 0.29) is 0 Å². The van der Waals surface area contributed by atoms with Crippen LogP contribution in [0.1, 0.15) is 0 Å². The molecule has 2 aromatic heterocycles. The fourth-order valence-corrected chi connectivity index (χ4v) is 4.45. The predicted molar refractivity (Wildman–Crippen MR) is 113 cm³/mol. The van der Waals surface area contributed by atoms with Crippen molar-refractivity contribution in [1.82, 2.24) is 20.4 Å². The van der Waals surface area contributed by atoms with Crippen molar-refractivity contribution in [2.24, 2.45) is 0 Å². The minimum atomic E-state index is 0.882. The Labute approximate surface area is 170 Å². The smallest absolute Gasteiger partial charge is 0.138 e. The van der Waals surface area contributed by atoms with Crippen molar-refractivity contribution >= 4 is 22.7 Å². The van der Waals surface area contributed by atoms with Crippen LogP contribution in [0.15, 0.2) is 72.8 Å². The van der Waals surface area contributed by atoms with Crippen LogP contribution in [0.3, 0.4) is 0 Å². The van der Waals surface area contributed by atoms with E-state index in [4.69, 9.17) is 0 Å². The van der Waals surface area contributed by atoms with Crippen LogP contribution >= 0.6 is 22.7 Å². The minimum absolute atomic E-state index is 0.882. The highest BCUT2D eigenvalue weighted by molar-refractivity contribution is 7.18. The van der Waals surface area contributed by atoms with Gasteiger partial charge in [0, 0.05) is 22.3 Å². The molecule has 0 fully saturated rings. The molecule has 0 unspecified atom stereocenters. The summed E-state index contributed by atoms with van der Waals surface area (Å²) in [5, 5.41) is 21.0. The third-order valence-corrected chi connectivity index (χ3v) is 6.18. The van der Waals surface area contributed by atoms with Gasteiger partial charge in [-0.05, 0) is 18.2 Å². The highest BCUT2D eigenvalue weighted by Crippen LogP contribution is 2.34. The zero-order valence-electron chi connectivity index (χ0n) is 14.5. The lowest BCUT2D eigenvalue weighted by Crippen LogP contribution is -1.81. The molecule has 0 bridgehead atoms. The first-order valence-corrected chi connectivity index (χ1v) is 10.2. The molecule has 4 nitrogen and oxygen atoms in total. The van der Waals surface area contributed by atoms with Gasteiger partial charge in [0.2, 0.25) is 0 Å². The number of benzene rings is 3. The molecule has 0 saturated heterocycles. The average molecular weight is 397 g/mol. The van der Waals surface area contributed by atoms with Crippen molar-refractivity contribution in [3.8, 4) is 42.3 Å². The van der Waals surface area contributed by atoms with E-state index in [0.29, 0.717) is 0 Å². The van der Waals surface area contributed by atoms with Crippen molar-refractivity contribution in [3.05, 3.63) is 84.9 Å². The second-order valence-corrected chi connectivity index (χ2v) is 7.94. The third kappa shape index (κ3) is 3.35. The summed E-state index contributed by atoms with van der Waals surface area (Å²) >= 11 is 3.15. The molecule has 0 saturated carbocycles. The molecule has 0 spiro atoms. The van der Waals surface area contributed by atoms with Gasteiger partial charge in [0.1, 0.15) is 20.0 Å². The largest absolute Gasteiger partial charge is 0.148 e. The van der Waals surface area contributed by atoms with Crippen molar-refractivity contribution in [3.63, 3.8) is 0 Å². The normalized spacial score (nSPS) is 10.9. The highest BCUT2D eigenvalue weighted by Gasteiger charge is 2.12. The molecule has 5 aromatic rings. The van der Waals surface area contributed by atoms with Crippen molar-refractivity contribution in [2.75, 3.05) is 0 Å². The van der Waals surface area contributed by atoms with Gasteiger partial charge in [-0.15, -0.1) is 20.4 Å². The predicted octanol–water partition coefficient (Wildman–Crippen LogP) is 5.66. The molecule has 0 aliphatic heterocycles. The molecule has 0 aliphatic rings. The van der Waals surface area contributed by atoms with Crippen LogP contribution < -0.4 is 0 Å². The highest BCUT2D eigenvalue weighted by atomic mass is 32.1. The van der Waals surface area contributed by atoms with E-state index in [1.807, 2.05) is 66.7 Å². The van der Waals surface area contributed by atoms with Crippen LogP contribution in [0.5, 0.6) is 0 Å². The standard InChI is InChI=1S/C22H12N4S2/c1-3-8-15(9-4-1)19-23-25-21(27-19)17-12-7-13-18(14-17)22-26-24-20(28-22)16-10-5-2-6-11-16/h3-14H. The quantitative estimate of drug-likeness (QED) is 0.393. The Kier molecular flexibility index (Phi) is 4.48. The molecule has 0 atom stereocenters. The lowest BCUT2D eigenvalue weighted by atomic mass is 10.1. The van der Waals surface area contributed by atoms with E-state index >= 15 is 0 Å². The summed E-state index contributed by atoms with van der Waals surface area (Å²) < 4.78 is 0. The zero-order chi connectivity index (χ0) is 18.8. The first-order valence-electron chi connectivity index (χ1n) is 8.58. The molecule has 2 radical (unpaired) electrons. The molecule has 3 aromatic carbocycles. The Bertz CT molecular complexity index is 1120. The summed E-state index contributed by atoms with van der Waals surface area (Å²) in [6.45, 7) is 0. The molecule has 2 heterocycles. The van der Waals surface area contributed by atoms with Crippen LogP contribution in [0.4, 0.5) is 0 Å². The third-order valence-electron chi connectivity index (χ3n) is 4.14. The van der Waals surface area contributed by atoms with Crippen LogP contribution in [0.2, 0.25) is 0 Å². The van der Waals surface area contributed by atoms with E-state index in [9.17, 15) is 0 Å². The number of hydrogen-bond donors (Lipinski definition) is 0. The van der Waals surface area contributed by atoms with Gasteiger partial charge >= 0.3 is 0 Å². The van der Waals surface area contributed by atoms with Crippen molar-refractivity contribution in [2.45, 2.75) is 0 Å². The first kappa shape index (κ1) is 16.9. The average Bonchev–Trinajstić information content (AvgIpc) is 3.46. The van der Waals surface area contributed by atoms with Gasteiger partial charge in [-0.3, -0.25) is 0 Å². The number of rotatable bonds is 4. The molecule has 132 valence electrons. The fourth-order valence-electron chi connectivity index (χ4n) is 2.76. The minimum Gasteiger partial charge on any atom is -0.138 e. The Morgan fingerprint density at radius 2 is 0.893 bits per heavy atom. The van der Waals surface area contributed by atoms with Crippen LogP contribution in [-0.2, 0) is 0 Å². The van der Waals surface area contributed by atoms with Crippen LogP contribution in [0.25, 0.3) is 42.3 Å². The Morgan fingerprint density at radius 1 is 0.500 bits per heavy atom. The first-order chi connectivity index (χ1) is 13.9. The molecule has 6 heteroatoms. The molecule has 0 amide bonds. The summed E-state index contributed by atoms with van der Waals surface area (Å²) in [5.74, 6) is 0. The van der Waals surface area contributed by atoms with Gasteiger partial charge in [-0.25, -0.2) is 0 Å². The summed E-state index contributed by atoms with van der Waals surface area (Å²) in [7, 11) is 0. The zero-order valence-corrected chi connectivity index (χ0v) is 16.2. The van der Waals surface area contributed by atoms with Crippen molar-refractivity contribution < 1.29 is 0 Å². The number of nitrogens with zero attached hydrogens (tertiary/aromatic N) is 4. The maximum absolute atomic E-state index is 4.37. The van der Waals surface area contributed by atoms with Gasteiger partial charge in [-0.2, -0.15) is 0 Å². The fraction of sp³-hybridized carbons (Fsp3) is 0. The van der Waals surface area contributed by atoms with Gasteiger partial charge in [0.05, 0.1) is 0 Å². The van der Waals surface area contributed by atoms with E-state index in [1.165, 1.54) is 0 Å². The molecule has 28 heavy (non-hydrogen) atoms. The van der Waals surface area contributed by atoms with Gasteiger partial charge in [0.25, 0.3) is 0 Å². The van der Waals surface area contributed by atoms with Gasteiger partial charge < -0.3 is 0 Å². The summed E-state index contributed by atoms with van der Waals surface area (Å²) in [6.07, 6.45) is 0. The maximum atomic E-state index is 4.37. The van der Waals surface area contributed by atoms with Gasteiger partial charge in [-0.1, -0.05) is 89.4 Å². The Hall–Kier alpha value is -3.22. The molecule has 0 N–H and O–H groups in total. The number of hydrogen-bond acceptors (Lipinski definition) is 6. The van der Waals surface area contributed by atoms with E-state index < -0.39 is 0 Å². The maximum Gasteiger partial charge on any atom is 0.148 e. The van der Waals surface area contributed by atoms with Crippen LogP contribution in [-0.4, -0.2) is 20.4 Å². The van der Waals surface area contributed by atoms with E-state index in [1.54, 1.807) is 22.7 Å². The van der Waals surface area contributed by atoms with Gasteiger partial charge in [0.15, 0.2) is 0 Å². The number of aromatic nitrogens is 4. The van der Waals surface area contributed by atoms with Crippen molar-refractivity contribution in [1.29, 1.82) is 0 Å². The second-order valence-electron chi connectivity index (χ2n) is 5.98. The molecular weight excluding hydrogens is 384 g/mol. The monoisotopic (exact) mass is 396 g/mol. The second kappa shape index (κ2) is 7.42. The molecule has 5 rings (SSSR count). The Morgan fingerprint density at radius 3 is 1.32 bits per heavy atom. The summed E-state index contributed by atoms with van der Waals surface area (Å²) in [5.41, 5.74) is 4.14. The molecule has 0 aliphatic carbocycles. The SMILES string of the molecule is [c]1ccc(-c2nnc(-c3cccc(-c4nnc(-c5cc[c]cc5)s4)c3)s2)cc1. The lowest BCUT2D eigenvalue weighted by molar-refractivity contribution is 1.10. The van der Waals surface area contributed by atoms with E-state index in [2.05, 4.69) is 38.6 Å². The summed E-state index contributed by atoms with van der Waals surface area (Å²) in [6, 6.07) is 29.7. The summed E-state index contributed by atoms with van der Waals surface area (Å²) in [4.78, 5) is 0. The topological polar surface area (TPSA) is 51.6 Å². The lowest BCUT2D eigenvalue weighted by Gasteiger charge is -1.99. The molecular formula is C22H12N4S2.